The van der Waals surface area contributed by atoms with Crippen LogP contribution in [0.5, 0.6) is 0 Å². The molecule has 0 unspecified atom stereocenters. The van der Waals surface area contributed by atoms with Crippen molar-refractivity contribution < 1.29 is 22.9 Å². The van der Waals surface area contributed by atoms with Gasteiger partial charge in [-0.2, -0.15) is 9.41 Å². The number of quaternary nitrogens is 1. The Morgan fingerprint density at radius 3 is 2.39 bits per heavy atom. The molecule has 1 saturated heterocycles. The van der Waals surface area contributed by atoms with Gasteiger partial charge in [-0.15, -0.1) is 0 Å². The molecule has 148 valence electrons. The van der Waals surface area contributed by atoms with E-state index in [9.17, 15) is 17.6 Å². The van der Waals surface area contributed by atoms with Crippen LogP contribution in [0.25, 0.3) is 0 Å². The van der Waals surface area contributed by atoms with Crippen molar-refractivity contribution in [3.8, 4) is 0 Å². The van der Waals surface area contributed by atoms with Crippen LogP contribution in [0.2, 0.25) is 0 Å². The number of sulfonamides is 1. The molecule has 1 amide bonds. The standard InChI is InChI=1S/C19H21FN4O3S/c1-14(22-23-19(25)17-4-2-3-5-18(17)20)15-6-8-16(9-7-15)28(26,27)24-12-10-21-11-13-24/h2-9,21H,10-13H2,1H3,(H,23,25)/p+1/b22-14-. The number of nitrogens with two attached hydrogens (primary N) is 1. The Morgan fingerprint density at radius 1 is 1.11 bits per heavy atom. The van der Waals surface area contributed by atoms with Gasteiger partial charge in [-0.05, 0) is 36.8 Å². The second-order valence-corrected chi connectivity index (χ2v) is 8.35. The molecule has 0 spiro atoms. The molecule has 2 aromatic carbocycles. The van der Waals surface area contributed by atoms with E-state index in [1.165, 1.54) is 34.6 Å². The van der Waals surface area contributed by atoms with Gasteiger partial charge in [0.05, 0.1) is 42.3 Å². The molecule has 0 aromatic heterocycles. The third kappa shape index (κ3) is 4.44. The smallest absolute Gasteiger partial charge is 0.274 e. The van der Waals surface area contributed by atoms with Crippen molar-refractivity contribution in [2.24, 2.45) is 5.10 Å². The number of hydrogen-bond donors (Lipinski definition) is 2. The Kier molecular flexibility index (Phi) is 6.18. The molecule has 3 N–H and O–H groups in total. The second kappa shape index (κ2) is 8.59. The number of amides is 1. The van der Waals surface area contributed by atoms with Crippen LogP contribution in [0.3, 0.4) is 0 Å². The van der Waals surface area contributed by atoms with Crippen LogP contribution < -0.4 is 10.7 Å². The molecule has 9 heteroatoms. The van der Waals surface area contributed by atoms with Crippen molar-refractivity contribution in [3.63, 3.8) is 0 Å². The van der Waals surface area contributed by atoms with Crippen molar-refractivity contribution in [1.82, 2.24) is 9.73 Å². The lowest BCUT2D eigenvalue weighted by molar-refractivity contribution is -0.661. The minimum Gasteiger partial charge on any atom is -0.344 e. The summed E-state index contributed by atoms with van der Waals surface area (Å²) in [6.45, 7) is 4.17. The average Bonchev–Trinajstić information content (AvgIpc) is 2.73. The molecular formula is C19H22FN4O3S+. The Labute approximate surface area is 163 Å². The zero-order valence-corrected chi connectivity index (χ0v) is 16.2. The zero-order valence-electron chi connectivity index (χ0n) is 15.4. The Morgan fingerprint density at radius 2 is 1.75 bits per heavy atom. The van der Waals surface area contributed by atoms with Gasteiger partial charge in [0.2, 0.25) is 10.0 Å². The maximum Gasteiger partial charge on any atom is 0.274 e. The van der Waals surface area contributed by atoms with Crippen molar-refractivity contribution in [2.45, 2.75) is 11.8 Å². The summed E-state index contributed by atoms with van der Waals surface area (Å²) in [5, 5.41) is 6.07. The number of carbonyl (C=O) groups excluding carboxylic acids is 1. The van der Waals surface area contributed by atoms with Crippen LogP contribution in [-0.4, -0.2) is 50.5 Å². The summed E-state index contributed by atoms with van der Waals surface area (Å²) < 4.78 is 40.4. The normalized spacial score (nSPS) is 16.0. The highest BCUT2D eigenvalue weighted by atomic mass is 32.2. The number of carbonyl (C=O) groups is 1. The van der Waals surface area contributed by atoms with Crippen LogP contribution >= 0.6 is 0 Å². The van der Waals surface area contributed by atoms with Gasteiger partial charge < -0.3 is 5.32 Å². The summed E-state index contributed by atoms with van der Waals surface area (Å²) in [6.07, 6.45) is 0. The lowest BCUT2D eigenvalue weighted by Gasteiger charge is -2.24. The molecule has 0 bridgehead atoms. The Bertz CT molecular complexity index is 984. The first kappa shape index (κ1) is 20.1. The third-order valence-corrected chi connectivity index (χ3v) is 6.43. The predicted octanol–water partition coefficient (Wildman–Crippen LogP) is 0.547. The average molecular weight is 405 g/mol. The number of hydrogen-bond acceptors (Lipinski definition) is 4. The van der Waals surface area contributed by atoms with Crippen LogP contribution in [-0.2, 0) is 10.0 Å². The highest BCUT2D eigenvalue weighted by Gasteiger charge is 2.27. The van der Waals surface area contributed by atoms with Crippen molar-refractivity contribution in [3.05, 3.63) is 65.5 Å². The maximum atomic E-state index is 13.6. The molecule has 3 rings (SSSR count). The minimum absolute atomic E-state index is 0.0979. The molecular weight excluding hydrogens is 383 g/mol. The number of nitrogens with zero attached hydrogens (tertiary/aromatic N) is 2. The van der Waals surface area contributed by atoms with E-state index in [-0.39, 0.29) is 10.5 Å². The second-order valence-electron chi connectivity index (χ2n) is 6.41. The van der Waals surface area contributed by atoms with Gasteiger partial charge >= 0.3 is 0 Å². The number of nitrogens with one attached hydrogen (secondary N) is 1. The van der Waals surface area contributed by atoms with E-state index in [0.29, 0.717) is 24.4 Å². The quantitative estimate of drug-likeness (QED) is 0.562. The Hall–Kier alpha value is -2.62. The Balaban J connectivity index is 1.71. The van der Waals surface area contributed by atoms with E-state index in [0.717, 1.165) is 13.1 Å². The molecule has 0 saturated carbocycles. The van der Waals surface area contributed by atoms with E-state index in [4.69, 9.17) is 0 Å². The SMILES string of the molecule is C/C(=N/NC(=O)c1ccccc1F)c1ccc(S(=O)(=O)N2CC[NH2+]CC2)cc1. The van der Waals surface area contributed by atoms with Crippen molar-refractivity contribution >= 4 is 21.6 Å². The lowest BCUT2D eigenvalue weighted by atomic mass is 10.1. The lowest BCUT2D eigenvalue weighted by Crippen LogP contribution is -2.89. The summed E-state index contributed by atoms with van der Waals surface area (Å²) in [4.78, 5) is 12.2. The third-order valence-electron chi connectivity index (χ3n) is 4.52. The molecule has 2 aromatic rings. The fourth-order valence-corrected chi connectivity index (χ4v) is 4.36. The van der Waals surface area contributed by atoms with Gasteiger partial charge in [-0.3, -0.25) is 4.79 Å². The van der Waals surface area contributed by atoms with E-state index in [1.807, 2.05) is 0 Å². The first-order chi connectivity index (χ1) is 13.4. The van der Waals surface area contributed by atoms with Gasteiger partial charge in [0.15, 0.2) is 0 Å². The maximum absolute atomic E-state index is 13.6. The number of rotatable bonds is 5. The first-order valence-corrected chi connectivity index (χ1v) is 10.3. The molecule has 28 heavy (non-hydrogen) atoms. The zero-order chi connectivity index (χ0) is 20.1. The van der Waals surface area contributed by atoms with Gasteiger partial charge in [-0.1, -0.05) is 24.3 Å². The topological polar surface area (TPSA) is 95.4 Å². The van der Waals surface area contributed by atoms with E-state index in [2.05, 4.69) is 15.8 Å². The van der Waals surface area contributed by atoms with Crippen LogP contribution in [0.1, 0.15) is 22.8 Å². The van der Waals surface area contributed by atoms with Crippen molar-refractivity contribution in [1.29, 1.82) is 0 Å². The van der Waals surface area contributed by atoms with Crippen LogP contribution in [0, 0.1) is 5.82 Å². The summed E-state index contributed by atoms with van der Waals surface area (Å²) in [6, 6.07) is 12.0. The first-order valence-electron chi connectivity index (χ1n) is 8.91. The number of piperazine rings is 1. The summed E-state index contributed by atoms with van der Waals surface area (Å²) >= 11 is 0. The largest absolute Gasteiger partial charge is 0.344 e. The van der Waals surface area contributed by atoms with Gasteiger partial charge in [0.1, 0.15) is 5.82 Å². The predicted molar refractivity (Wildman–Crippen MR) is 103 cm³/mol. The number of hydrazone groups is 1. The van der Waals surface area contributed by atoms with Gasteiger partial charge in [-0.25, -0.2) is 18.2 Å². The van der Waals surface area contributed by atoms with Gasteiger partial charge in [0.25, 0.3) is 5.91 Å². The molecule has 1 aliphatic rings. The number of benzene rings is 2. The van der Waals surface area contributed by atoms with E-state index < -0.39 is 21.7 Å². The van der Waals surface area contributed by atoms with Crippen LogP contribution in [0.15, 0.2) is 58.5 Å². The highest BCUT2D eigenvalue weighted by molar-refractivity contribution is 7.89. The molecule has 0 aliphatic carbocycles. The number of halogens is 1. The van der Waals surface area contributed by atoms with Gasteiger partial charge in [0, 0.05) is 0 Å². The molecule has 1 heterocycles. The summed E-state index contributed by atoms with van der Waals surface area (Å²) in [5.41, 5.74) is 3.34. The molecule has 1 aliphatic heterocycles. The summed E-state index contributed by atoms with van der Waals surface area (Å²) in [5.74, 6) is -1.28. The molecule has 0 radical (unpaired) electrons. The molecule has 1 fully saturated rings. The molecule has 0 atom stereocenters. The van der Waals surface area contributed by atoms with Crippen molar-refractivity contribution in [2.75, 3.05) is 26.2 Å². The van der Waals surface area contributed by atoms with E-state index in [1.54, 1.807) is 25.1 Å². The fourth-order valence-electron chi connectivity index (χ4n) is 2.89. The highest BCUT2D eigenvalue weighted by Crippen LogP contribution is 2.17. The molecule has 7 nitrogen and oxygen atoms in total. The minimum atomic E-state index is -3.51. The van der Waals surface area contributed by atoms with Crippen LogP contribution in [0.4, 0.5) is 4.39 Å². The summed E-state index contributed by atoms with van der Waals surface area (Å²) in [7, 11) is -3.51. The van der Waals surface area contributed by atoms with E-state index >= 15 is 0 Å². The fraction of sp³-hybridized carbons (Fsp3) is 0.263. The monoisotopic (exact) mass is 405 g/mol.